The normalized spacial score (nSPS) is 21.0. The van der Waals surface area contributed by atoms with E-state index in [0.717, 1.165) is 49.5 Å². The van der Waals surface area contributed by atoms with Crippen molar-refractivity contribution < 1.29 is 43.5 Å². The first-order valence-electron chi connectivity index (χ1n) is 26.1. The summed E-state index contributed by atoms with van der Waals surface area (Å²) in [6, 6.07) is 10.7. The average Bonchev–Trinajstić information content (AvgIpc) is 3.78. The molecule has 5 fully saturated rings. The monoisotopic (exact) mass is 1190 g/mol. The van der Waals surface area contributed by atoms with Crippen molar-refractivity contribution in [3.8, 4) is 17.2 Å². The molecule has 10 heteroatoms. The van der Waals surface area contributed by atoms with Crippen molar-refractivity contribution in [2.75, 3.05) is 7.11 Å². The molecule has 2 N–H and O–H groups in total. The van der Waals surface area contributed by atoms with Crippen LogP contribution in [0.3, 0.4) is 0 Å². The summed E-state index contributed by atoms with van der Waals surface area (Å²) in [5, 5.41) is 18.7. The first kappa shape index (κ1) is 84.3. The molecule has 0 aromatic heterocycles. The smallest absolute Gasteiger partial charge is 0.312 e. The number of carbonyl (C=O) groups is 3. The Morgan fingerprint density at radius 3 is 1.39 bits per heavy atom. The number of hydrogen-bond donors (Lipinski definition) is 2. The van der Waals surface area contributed by atoms with Crippen LogP contribution >= 0.6 is 22.6 Å². The van der Waals surface area contributed by atoms with Gasteiger partial charge in [-0.3, -0.25) is 14.4 Å². The van der Waals surface area contributed by atoms with Crippen LogP contribution in [0.25, 0.3) is 0 Å². The number of aromatic hydroxyl groups is 2. The minimum atomic E-state index is -0.508. The van der Waals surface area contributed by atoms with Gasteiger partial charge in [-0.15, -0.1) is 0 Å². The predicted octanol–water partition coefficient (Wildman–Crippen LogP) is 20.8. The standard InChI is InChI=1S/C19H32O2.C15H21IO4.C14H26O2.C10H14O.8CH4/c1-6-18(4,5)17(20)21-19(12(2)3)15-8-13-7-14(10-15)11-16(19)9-13;1-6-15(3,4)14(18)20-9(2)10-7-11(16)12(17)8-13(10)19-5;1-6-13(4,5)12(15)16-14(11(2)3)9-7-8-10-14;1-3-8(2)9-4-6-10(11)7-5-9;;;;;;;;/h12-16H,6-11H2,1-5H3;7-9,17H,6H2,1-5H3;11H,6-10H2,1-5H3;4-8,11H,3H2,1-2H3;8*1H4. The molecule has 5 aliphatic carbocycles. The third kappa shape index (κ3) is 20.9. The number of esters is 3. The largest absolute Gasteiger partial charge is 0.508 e. The van der Waals surface area contributed by atoms with Gasteiger partial charge in [-0.25, -0.2) is 0 Å². The van der Waals surface area contributed by atoms with Gasteiger partial charge in [0.2, 0.25) is 0 Å². The Morgan fingerprint density at radius 1 is 0.618 bits per heavy atom. The summed E-state index contributed by atoms with van der Waals surface area (Å²) in [5.41, 5.74) is 0.493. The van der Waals surface area contributed by atoms with Crippen molar-refractivity contribution in [3.63, 3.8) is 0 Å². The Labute approximate surface area is 485 Å². The molecule has 2 aromatic carbocycles. The highest BCUT2D eigenvalue weighted by atomic mass is 127. The summed E-state index contributed by atoms with van der Waals surface area (Å²) in [6.45, 7) is 32.8. The van der Waals surface area contributed by atoms with Crippen molar-refractivity contribution in [3.05, 3.63) is 51.1 Å². The minimum absolute atomic E-state index is 0. The SMILES string of the molecule is C.C.C.C.C.C.C.C.CCC(C)(C)C(=O)OC(C)c1cc(I)c(O)cc1OC.CCC(C)(C)C(=O)OC1(C(C)C)C2CC3CC(C2)CC1C3.CCC(C)(C)C(=O)OC1(C(C)C)CCCC1.CCC(C)c1ccc(O)cc1. The van der Waals surface area contributed by atoms with Crippen molar-refractivity contribution >= 4 is 40.5 Å². The summed E-state index contributed by atoms with van der Waals surface area (Å²) in [5.74, 6) is 5.29. The molecule has 0 aliphatic heterocycles. The molecule has 2 aromatic rings. The molecule has 2 unspecified atom stereocenters. The molecular weight excluding hydrogens is 1060 g/mol. The summed E-state index contributed by atoms with van der Waals surface area (Å²) in [6.07, 6.45) is 14.2. The van der Waals surface area contributed by atoms with Gasteiger partial charge in [0.15, 0.2) is 0 Å². The van der Waals surface area contributed by atoms with Crippen LogP contribution in [-0.4, -0.2) is 46.4 Å². The number of halogens is 1. The third-order valence-electron chi connectivity index (χ3n) is 16.8. The highest BCUT2D eigenvalue weighted by Gasteiger charge is 2.61. The van der Waals surface area contributed by atoms with E-state index in [1.54, 1.807) is 25.1 Å². The Bertz CT molecular complexity index is 1900. The number of ether oxygens (including phenoxy) is 4. The molecule has 5 saturated carbocycles. The van der Waals surface area contributed by atoms with Crippen LogP contribution in [-0.2, 0) is 28.6 Å². The van der Waals surface area contributed by atoms with Crippen molar-refractivity contribution in [2.45, 2.75) is 277 Å². The number of phenolic OH excluding ortho intramolecular Hbond substituents is 2. The second-order valence-electron chi connectivity index (χ2n) is 23.2. The van der Waals surface area contributed by atoms with E-state index in [4.69, 9.17) is 24.1 Å². The maximum absolute atomic E-state index is 12.8. The zero-order valence-corrected chi connectivity index (χ0v) is 47.6. The fourth-order valence-electron chi connectivity index (χ4n) is 10.4. The molecule has 7 rings (SSSR count). The highest BCUT2D eigenvalue weighted by Crippen LogP contribution is 2.62. The summed E-state index contributed by atoms with van der Waals surface area (Å²) in [4.78, 5) is 37.0. The Morgan fingerprint density at radius 2 is 1.03 bits per heavy atom. The maximum Gasteiger partial charge on any atom is 0.312 e. The van der Waals surface area contributed by atoms with E-state index in [9.17, 15) is 19.5 Å². The fraction of sp³-hybridized carbons (Fsp3) is 0.773. The number of rotatable bonds is 15. The van der Waals surface area contributed by atoms with Crippen LogP contribution in [0.2, 0.25) is 0 Å². The first-order valence-corrected chi connectivity index (χ1v) is 27.2. The van der Waals surface area contributed by atoms with Crippen molar-refractivity contribution in [2.24, 2.45) is 51.8 Å². The number of benzene rings is 2. The van der Waals surface area contributed by atoms with Crippen molar-refractivity contribution in [1.29, 1.82) is 0 Å². The average molecular weight is 1190 g/mol. The predicted molar refractivity (Wildman–Crippen MR) is 338 cm³/mol. The van der Waals surface area contributed by atoms with E-state index >= 15 is 0 Å². The molecule has 5 aliphatic rings. The molecule has 0 amide bonds. The topological polar surface area (TPSA) is 129 Å². The Kier molecular flexibility index (Phi) is 39.4. The molecule has 0 radical (unpaired) electrons. The van der Waals surface area contributed by atoms with Gasteiger partial charge in [0.05, 0.1) is 26.9 Å². The second-order valence-corrected chi connectivity index (χ2v) is 24.4. The van der Waals surface area contributed by atoms with Crippen LogP contribution in [0, 0.1) is 55.3 Å². The second kappa shape index (κ2) is 35.6. The fourth-order valence-corrected chi connectivity index (χ4v) is 10.9. The lowest BCUT2D eigenvalue weighted by atomic mass is 9.47. The molecule has 450 valence electrons. The van der Waals surface area contributed by atoms with Crippen LogP contribution in [0.15, 0.2) is 36.4 Å². The summed E-state index contributed by atoms with van der Waals surface area (Å²) < 4.78 is 23.7. The lowest BCUT2D eigenvalue weighted by Gasteiger charge is -2.62. The van der Waals surface area contributed by atoms with E-state index < -0.39 is 11.5 Å². The molecule has 4 bridgehead atoms. The molecular formula is C66H125IO9. The molecule has 0 saturated heterocycles. The first-order chi connectivity index (χ1) is 31.6. The van der Waals surface area contributed by atoms with Gasteiger partial charge in [-0.1, -0.05) is 134 Å². The third-order valence-corrected chi connectivity index (χ3v) is 17.7. The lowest BCUT2D eigenvalue weighted by molar-refractivity contribution is -0.231. The molecule has 2 atom stereocenters. The van der Waals surface area contributed by atoms with Crippen LogP contribution < -0.4 is 4.74 Å². The van der Waals surface area contributed by atoms with Gasteiger partial charge in [-0.05, 0) is 220 Å². The van der Waals surface area contributed by atoms with Gasteiger partial charge in [0, 0.05) is 11.6 Å². The van der Waals surface area contributed by atoms with Crippen LogP contribution in [0.1, 0.15) is 277 Å². The van der Waals surface area contributed by atoms with Crippen molar-refractivity contribution in [1.82, 2.24) is 0 Å². The van der Waals surface area contributed by atoms with E-state index in [1.807, 2.05) is 90.1 Å². The molecule has 76 heavy (non-hydrogen) atoms. The molecule has 0 spiro atoms. The number of phenols is 2. The van der Waals surface area contributed by atoms with Crippen LogP contribution in [0.4, 0.5) is 0 Å². The minimum Gasteiger partial charge on any atom is -0.508 e. The van der Waals surface area contributed by atoms with E-state index in [1.165, 1.54) is 63.7 Å². The van der Waals surface area contributed by atoms with Gasteiger partial charge < -0.3 is 29.2 Å². The maximum atomic E-state index is 12.8. The van der Waals surface area contributed by atoms with Gasteiger partial charge >= 0.3 is 17.9 Å². The van der Waals surface area contributed by atoms with Gasteiger partial charge in [0.1, 0.15) is 34.6 Å². The molecule has 9 nitrogen and oxygen atoms in total. The van der Waals surface area contributed by atoms with Crippen LogP contribution in [0.5, 0.6) is 17.2 Å². The number of methoxy groups -OCH3 is 1. The summed E-state index contributed by atoms with van der Waals surface area (Å²) >= 11 is 2.03. The quantitative estimate of drug-likeness (QED) is 0.102. The Balaban J connectivity index is -0.000000212. The van der Waals surface area contributed by atoms with E-state index in [0.29, 0.717) is 51.1 Å². The number of carbonyl (C=O) groups excluding carboxylic acids is 3. The molecule has 0 heterocycles. The van der Waals surface area contributed by atoms with Gasteiger partial charge in [-0.2, -0.15) is 0 Å². The van der Waals surface area contributed by atoms with Gasteiger partial charge in [0.25, 0.3) is 0 Å². The highest BCUT2D eigenvalue weighted by molar-refractivity contribution is 14.1. The summed E-state index contributed by atoms with van der Waals surface area (Å²) in [7, 11) is 1.52. The number of hydrogen-bond acceptors (Lipinski definition) is 9. The zero-order valence-electron chi connectivity index (χ0n) is 45.4. The lowest BCUT2D eigenvalue weighted by Crippen LogP contribution is -2.63. The van der Waals surface area contributed by atoms with E-state index in [2.05, 4.69) is 48.5 Å². The van der Waals surface area contributed by atoms with E-state index in [-0.39, 0.29) is 105 Å². The zero-order chi connectivity index (χ0) is 51.6. The Hall–Kier alpha value is -3.02.